The molecule has 0 unspecified atom stereocenters. The molecule has 0 spiro atoms. The van der Waals surface area contributed by atoms with E-state index in [1.54, 1.807) is 12.0 Å². The molecular formula is C21H24FN3O4S. The number of hydrogen-bond acceptors (Lipinski definition) is 5. The molecule has 0 bridgehead atoms. The van der Waals surface area contributed by atoms with Crippen molar-refractivity contribution in [2.24, 2.45) is 0 Å². The molecule has 1 aliphatic rings. The van der Waals surface area contributed by atoms with E-state index in [4.69, 9.17) is 4.74 Å². The van der Waals surface area contributed by atoms with E-state index in [0.29, 0.717) is 26.2 Å². The fourth-order valence-corrected chi connectivity index (χ4v) is 4.41. The highest BCUT2D eigenvalue weighted by atomic mass is 32.2. The van der Waals surface area contributed by atoms with Crippen LogP contribution in [0.5, 0.6) is 5.75 Å². The lowest BCUT2D eigenvalue weighted by molar-refractivity contribution is 0.0746. The number of nitrogens with zero attached hydrogens (tertiary/aromatic N) is 2. The highest BCUT2D eigenvalue weighted by Gasteiger charge is 2.26. The number of para-hydroxylation sites is 2. The van der Waals surface area contributed by atoms with E-state index >= 15 is 0 Å². The van der Waals surface area contributed by atoms with Crippen molar-refractivity contribution in [3.63, 3.8) is 0 Å². The van der Waals surface area contributed by atoms with Gasteiger partial charge >= 0.3 is 0 Å². The lowest BCUT2D eigenvalue weighted by atomic mass is 10.1. The molecule has 1 amide bonds. The van der Waals surface area contributed by atoms with Crippen molar-refractivity contribution in [2.45, 2.75) is 4.90 Å². The van der Waals surface area contributed by atoms with Crippen LogP contribution in [0.15, 0.2) is 60.0 Å². The predicted octanol–water partition coefficient (Wildman–Crippen LogP) is 2.26. The van der Waals surface area contributed by atoms with Crippen molar-refractivity contribution in [1.29, 1.82) is 0 Å². The van der Waals surface area contributed by atoms with Gasteiger partial charge in [0.05, 0.1) is 12.8 Å². The van der Waals surface area contributed by atoms with E-state index in [1.807, 2.05) is 24.3 Å². The molecule has 7 nitrogen and oxygen atoms in total. The molecule has 30 heavy (non-hydrogen) atoms. The van der Waals surface area contributed by atoms with Gasteiger partial charge in [0.2, 0.25) is 10.0 Å². The van der Waals surface area contributed by atoms with E-state index in [2.05, 4.69) is 16.2 Å². The van der Waals surface area contributed by atoms with Gasteiger partial charge in [-0.15, -0.1) is 6.58 Å². The Balaban J connectivity index is 1.74. The highest BCUT2D eigenvalue weighted by molar-refractivity contribution is 7.89. The van der Waals surface area contributed by atoms with E-state index in [0.717, 1.165) is 23.6 Å². The monoisotopic (exact) mass is 433 g/mol. The van der Waals surface area contributed by atoms with Gasteiger partial charge in [-0.3, -0.25) is 4.79 Å². The van der Waals surface area contributed by atoms with E-state index < -0.39 is 20.7 Å². The number of sulfonamides is 1. The van der Waals surface area contributed by atoms with Gasteiger partial charge in [0.15, 0.2) is 0 Å². The number of ether oxygens (including phenoxy) is 1. The summed E-state index contributed by atoms with van der Waals surface area (Å²) in [5.41, 5.74) is 1.08. The quantitative estimate of drug-likeness (QED) is 0.678. The minimum Gasteiger partial charge on any atom is -0.495 e. The first-order valence-corrected chi connectivity index (χ1v) is 10.9. The number of nitrogens with one attached hydrogen (secondary N) is 1. The predicted molar refractivity (Wildman–Crippen MR) is 113 cm³/mol. The molecule has 0 atom stereocenters. The Hall–Kier alpha value is -2.91. The largest absolute Gasteiger partial charge is 0.495 e. The molecule has 1 heterocycles. The first-order chi connectivity index (χ1) is 14.4. The normalized spacial score (nSPS) is 14.5. The zero-order valence-corrected chi connectivity index (χ0v) is 17.5. The van der Waals surface area contributed by atoms with Crippen LogP contribution in [0.4, 0.5) is 10.1 Å². The number of carbonyl (C=O) groups excluding carboxylic acids is 1. The van der Waals surface area contributed by atoms with Crippen molar-refractivity contribution in [3.8, 4) is 5.75 Å². The third kappa shape index (κ3) is 4.63. The number of amides is 1. The Labute approximate surface area is 175 Å². The van der Waals surface area contributed by atoms with Gasteiger partial charge in [-0.2, -0.15) is 0 Å². The number of benzene rings is 2. The summed E-state index contributed by atoms with van der Waals surface area (Å²) in [7, 11) is -2.47. The molecule has 160 valence electrons. The third-order valence-electron chi connectivity index (χ3n) is 4.88. The molecule has 1 aliphatic heterocycles. The van der Waals surface area contributed by atoms with Crippen molar-refractivity contribution in [1.82, 2.24) is 9.62 Å². The van der Waals surface area contributed by atoms with Gasteiger partial charge in [-0.05, 0) is 30.3 Å². The molecule has 0 aromatic heterocycles. The smallest absolute Gasteiger partial charge is 0.254 e. The first kappa shape index (κ1) is 21.8. The molecule has 2 aromatic carbocycles. The lowest BCUT2D eigenvalue weighted by Gasteiger charge is -2.36. The molecule has 9 heteroatoms. The van der Waals surface area contributed by atoms with Crippen LogP contribution in [0.1, 0.15) is 10.4 Å². The Morgan fingerprint density at radius 1 is 1.20 bits per heavy atom. The number of anilines is 1. The summed E-state index contributed by atoms with van der Waals surface area (Å²) in [4.78, 5) is 16.1. The van der Waals surface area contributed by atoms with Crippen LogP contribution in [0.2, 0.25) is 0 Å². The van der Waals surface area contributed by atoms with Crippen molar-refractivity contribution < 1.29 is 22.3 Å². The maximum absolute atomic E-state index is 14.1. The van der Waals surface area contributed by atoms with Crippen LogP contribution in [0.3, 0.4) is 0 Å². The summed E-state index contributed by atoms with van der Waals surface area (Å²) < 4.78 is 46.3. The fourth-order valence-electron chi connectivity index (χ4n) is 3.31. The molecule has 1 saturated heterocycles. The van der Waals surface area contributed by atoms with Gasteiger partial charge < -0.3 is 14.5 Å². The van der Waals surface area contributed by atoms with Gasteiger partial charge in [0.1, 0.15) is 16.5 Å². The molecule has 2 aromatic rings. The molecule has 1 N–H and O–H groups in total. The summed E-state index contributed by atoms with van der Waals surface area (Å²) in [5.74, 6) is -0.489. The number of methoxy groups -OCH3 is 1. The lowest BCUT2D eigenvalue weighted by Crippen LogP contribution is -2.48. The van der Waals surface area contributed by atoms with Crippen LogP contribution < -0.4 is 14.4 Å². The molecular weight excluding hydrogens is 409 g/mol. The Morgan fingerprint density at radius 2 is 1.90 bits per heavy atom. The molecule has 0 aliphatic carbocycles. The highest BCUT2D eigenvalue weighted by Crippen LogP contribution is 2.28. The minimum absolute atomic E-state index is 0.0368. The summed E-state index contributed by atoms with van der Waals surface area (Å²) in [6, 6.07) is 11.0. The molecule has 1 fully saturated rings. The van der Waals surface area contributed by atoms with Crippen molar-refractivity contribution in [2.75, 3.05) is 44.7 Å². The third-order valence-corrected chi connectivity index (χ3v) is 6.32. The summed E-state index contributed by atoms with van der Waals surface area (Å²) in [6.07, 6.45) is 1.35. The van der Waals surface area contributed by atoms with Gasteiger partial charge in [0, 0.05) is 38.3 Å². The fraction of sp³-hybridized carbons (Fsp3) is 0.286. The van der Waals surface area contributed by atoms with Crippen molar-refractivity contribution in [3.05, 3.63) is 66.5 Å². The van der Waals surface area contributed by atoms with E-state index in [1.165, 1.54) is 12.1 Å². The maximum atomic E-state index is 14.1. The van der Waals surface area contributed by atoms with Gasteiger partial charge in [0.25, 0.3) is 5.91 Å². The summed E-state index contributed by atoms with van der Waals surface area (Å²) in [5, 5.41) is 0. The van der Waals surface area contributed by atoms with Crippen molar-refractivity contribution >= 4 is 21.6 Å². The number of carbonyl (C=O) groups is 1. The topological polar surface area (TPSA) is 79.0 Å². The zero-order valence-electron chi connectivity index (χ0n) is 16.7. The average molecular weight is 434 g/mol. The Morgan fingerprint density at radius 3 is 2.57 bits per heavy atom. The van der Waals surface area contributed by atoms with Crippen LogP contribution in [-0.2, 0) is 10.0 Å². The van der Waals surface area contributed by atoms with Crippen LogP contribution in [0, 0.1) is 5.82 Å². The summed E-state index contributed by atoms with van der Waals surface area (Å²) >= 11 is 0. The number of halogens is 1. The number of rotatable bonds is 7. The zero-order chi connectivity index (χ0) is 21.7. The van der Waals surface area contributed by atoms with Crippen LogP contribution in [-0.4, -0.2) is 59.1 Å². The Kier molecular flexibility index (Phi) is 6.73. The average Bonchev–Trinajstić information content (AvgIpc) is 2.77. The second-order valence-electron chi connectivity index (χ2n) is 6.74. The second kappa shape index (κ2) is 9.27. The Bertz CT molecular complexity index is 1030. The molecule has 0 radical (unpaired) electrons. The minimum atomic E-state index is -4.08. The second-order valence-corrected chi connectivity index (χ2v) is 8.47. The van der Waals surface area contributed by atoms with E-state index in [9.17, 15) is 17.6 Å². The molecule has 0 saturated carbocycles. The molecule has 3 rings (SSSR count). The first-order valence-electron chi connectivity index (χ1n) is 9.44. The number of hydrogen-bond donors (Lipinski definition) is 1. The number of piperazine rings is 1. The standard InChI is InChI=1S/C21H24FN3O4S/c1-3-10-23-30(27,28)20-15-16(8-9-17(20)22)21(26)25-13-11-24(12-14-25)18-6-4-5-7-19(18)29-2/h3-9,15,23H,1,10-14H2,2H3. The van der Waals surface area contributed by atoms with Gasteiger partial charge in [-0.1, -0.05) is 18.2 Å². The van der Waals surface area contributed by atoms with Crippen LogP contribution >= 0.6 is 0 Å². The SMILES string of the molecule is C=CCNS(=O)(=O)c1cc(C(=O)N2CCN(c3ccccc3OC)CC2)ccc1F. The van der Waals surface area contributed by atoms with Gasteiger partial charge in [-0.25, -0.2) is 17.5 Å². The summed E-state index contributed by atoms with van der Waals surface area (Å²) in [6.45, 7) is 5.49. The van der Waals surface area contributed by atoms with Crippen LogP contribution in [0.25, 0.3) is 0 Å². The maximum Gasteiger partial charge on any atom is 0.254 e. The van der Waals surface area contributed by atoms with E-state index in [-0.39, 0.29) is 18.0 Å².